The van der Waals surface area contributed by atoms with Gasteiger partial charge in [-0.25, -0.2) is 14.0 Å². The first-order valence-corrected chi connectivity index (χ1v) is 8.05. The molecule has 0 bridgehead atoms. The topological polar surface area (TPSA) is 74.4 Å². The molecule has 2 fully saturated rings. The number of cyclic esters (lactones) is 1. The molecule has 3 rings (SSSR count). The van der Waals surface area contributed by atoms with Crippen LogP contribution in [0.15, 0.2) is 18.2 Å². The number of piperazine rings is 1. The molecule has 0 radical (unpaired) electrons. The Bertz CT molecular complexity index is 666. The Hall–Kier alpha value is -2.55. The predicted molar refractivity (Wildman–Crippen MR) is 89.3 cm³/mol. The third-order valence-corrected chi connectivity index (χ3v) is 4.39. The van der Waals surface area contributed by atoms with Gasteiger partial charge in [-0.05, 0) is 18.2 Å². The number of halogens is 1. The van der Waals surface area contributed by atoms with Crippen LogP contribution in [-0.4, -0.2) is 70.2 Å². The van der Waals surface area contributed by atoms with E-state index < -0.39 is 24.2 Å². The summed E-state index contributed by atoms with van der Waals surface area (Å²) in [5, 5.41) is 3.22. The first-order chi connectivity index (χ1) is 12.0. The number of amides is 2. The lowest BCUT2D eigenvalue weighted by atomic mass is 10.2. The van der Waals surface area contributed by atoms with Gasteiger partial charge in [0.15, 0.2) is 6.23 Å². The molecule has 2 amide bonds. The summed E-state index contributed by atoms with van der Waals surface area (Å²) in [6, 6.07) is 4.67. The van der Waals surface area contributed by atoms with Gasteiger partial charge in [-0.15, -0.1) is 0 Å². The summed E-state index contributed by atoms with van der Waals surface area (Å²) < 4.78 is 24.3. The van der Waals surface area contributed by atoms with Gasteiger partial charge in [0.25, 0.3) is 0 Å². The lowest BCUT2D eigenvalue weighted by Gasteiger charge is -2.30. The highest BCUT2D eigenvalue weighted by molar-refractivity contribution is 5.90. The van der Waals surface area contributed by atoms with Crippen LogP contribution < -0.4 is 15.1 Å². The number of hydrogen-bond acceptors (Lipinski definition) is 6. The second-order valence-electron chi connectivity index (χ2n) is 5.90. The second kappa shape index (κ2) is 7.14. The number of nitrogens with one attached hydrogen (secondary N) is 1. The zero-order chi connectivity index (χ0) is 18.0. The number of anilines is 2. The van der Waals surface area contributed by atoms with Crippen LogP contribution in [-0.2, 0) is 9.47 Å². The van der Waals surface area contributed by atoms with E-state index in [1.165, 1.54) is 30.0 Å². The number of carbonyl (C=O) groups excluding carboxylic acids is 2. The largest absolute Gasteiger partial charge is 0.453 e. The van der Waals surface area contributed by atoms with E-state index in [-0.39, 0.29) is 6.54 Å². The van der Waals surface area contributed by atoms with Gasteiger partial charge in [-0.1, -0.05) is 0 Å². The van der Waals surface area contributed by atoms with Crippen LogP contribution in [0, 0.1) is 5.82 Å². The second-order valence-corrected chi connectivity index (χ2v) is 5.90. The first-order valence-electron chi connectivity index (χ1n) is 8.05. The molecule has 1 aromatic carbocycles. The van der Waals surface area contributed by atoms with Gasteiger partial charge in [0.1, 0.15) is 5.82 Å². The van der Waals surface area contributed by atoms with E-state index in [4.69, 9.17) is 4.74 Å². The maximum Gasteiger partial charge on any atom is 0.416 e. The Balaban J connectivity index is 1.74. The predicted octanol–water partition coefficient (Wildman–Crippen LogP) is 1.22. The highest BCUT2D eigenvalue weighted by atomic mass is 19.1. The van der Waals surface area contributed by atoms with E-state index in [0.29, 0.717) is 11.4 Å². The smallest absolute Gasteiger partial charge is 0.416 e. The van der Waals surface area contributed by atoms with Gasteiger partial charge in [-0.3, -0.25) is 9.80 Å². The normalized spacial score (nSPS) is 20.4. The Morgan fingerprint density at radius 2 is 2.12 bits per heavy atom. The summed E-state index contributed by atoms with van der Waals surface area (Å²) in [4.78, 5) is 28.1. The summed E-state index contributed by atoms with van der Waals surface area (Å²) in [5.74, 6) is -0.392. The molecule has 2 aliphatic rings. The minimum Gasteiger partial charge on any atom is -0.453 e. The van der Waals surface area contributed by atoms with Crippen molar-refractivity contribution in [2.75, 3.05) is 56.7 Å². The SMILES string of the molecule is COC(=O)N(C)[C@@H]1CN(c2ccc(N3CCNCC3)c(F)c2)C(=O)O1. The molecule has 0 aromatic heterocycles. The van der Waals surface area contributed by atoms with Crippen molar-refractivity contribution in [1.82, 2.24) is 10.2 Å². The quantitative estimate of drug-likeness (QED) is 0.882. The molecule has 0 aliphatic carbocycles. The van der Waals surface area contributed by atoms with Crippen LogP contribution in [0.1, 0.15) is 0 Å². The van der Waals surface area contributed by atoms with Gasteiger partial charge in [0.2, 0.25) is 0 Å². The summed E-state index contributed by atoms with van der Waals surface area (Å²) in [5.41, 5.74) is 0.906. The molecular weight excluding hydrogens is 331 g/mol. The third kappa shape index (κ3) is 3.46. The number of methoxy groups -OCH3 is 1. The summed E-state index contributed by atoms with van der Waals surface area (Å²) in [6.07, 6.45) is -2.02. The highest BCUT2D eigenvalue weighted by Gasteiger charge is 2.37. The fraction of sp³-hybridized carbons (Fsp3) is 0.500. The van der Waals surface area contributed by atoms with Crippen molar-refractivity contribution in [2.45, 2.75) is 6.23 Å². The standard InChI is InChI=1S/C16H21FN4O4/c1-19(15(22)24-2)14-10-21(16(23)25-14)11-3-4-13(12(17)9-11)20-7-5-18-6-8-20/h3-4,9,14,18H,5-8,10H2,1-2H3/t14-/m0/s1. The summed E-state index contributed by atoms with van der Waals surface area (Å²) in [7, 11) is 2.72. The van der Waals surface area contributed by atoms with E-state index in [1.54, 1.807) is 12.1 Å². The zero-order valence-corrected chi connectivity index (χ0v) is 14.2. The first kappa shape index (κ1) is 17.3. The van der Waals surface area contributed by atoms with Crippen molar-refractivity contribution in [3.63, 3.8) is 0 Å². The molecule has 25 heavy (non-hydrogen) atoms. The van der Waals surface area contributed by atoms with Gasteiger partial charge in [0.05, 0.1) is 25.0 Å². The number of benzene rings is 1. The third-order valence-electron chi connectivity index (χ3n) is 4.39. The summed E-state index contributed by atoms with van der Waals surface area (Å²) in [6.45, 7) is 3.18. The van der Waals surface area contributed by atoms with Crippen LogP contribution in [0.2, 0.25) is 0 Å². The molecule has 8 nitrogen and oxygen atoms in total. The lowest BCUT2D eigenvalue weighted by molar-refractivity contribution is 0.0343. The van der Waals surface area contributed by atoms with Crippen LogP contribution in [0.3, 0.4) is 0 Å². The van der Waals surface area contributed by atoms with E-state index in [1.807, 2.05) is 4.90 Å². The molecule has 1 atom stereocenters. The van der Waals surface area contributed by atoms with Crippen LogP contribution in [0.4, 0.5) is 25.4 Å². The number of nitrogens with zero attached hydrogens (tertiary/aromatic N) is 3. The average molecular weight is 352 g/mol. The molecule has 9 heteroatoms. The van der Waals surface area contributed by atoms with Crippen LogP contribution >= 0.6 is 0 Å². The fourth-order valence-corrected chi connectivity index (χ4v) is 2.95. The molecular formula is C16H21FN4O4. The number of carbonyl (C=O) groups is 2. The van der Waals surface area contributed by atoms with Gasteiger partial charge < -0.3 is 19.7 Å². The van der Waals surface area contributed by atoms with E-state index in [9.17, 15) is 14.0 Å². The molecule has 2 aliphatic heterocycles. The molecule has 0 saturated carbocycles. The van der Waals surface area contributed by atoms with Gasteiger partial charge in [0, 0.05) is 33.2 Å². The Labute approximate surface area is 145 Å². The van der Waals surface area contributed by atoms with E-state index in [2.05, 4.69) is 10.1 Å². The molecule has 136 valence electrons. The van der Waals surface area contributed by atoms with Crippen molar-refractivity contribution in [2.24, 2.45) is 0 Å². The molecule has 2 heterocycles. The molecule has 1 aromatic rings. The lowest BCUT2D eigenvalue weighted by Crippen LogP contribution is -2.43. The number of ether oxygens (including phenoxy) is 2. The van der Waals surface area contributed by atoms with Crippen molar-refractivity contribution in [3.05, 3.63) is 24.0 Å². The number of hydrogen-bond donors (Lipinski definition) is 1. The van der Waals surface area contributed by atoms with Crippen molar-refractivity contribution in [3.8, 4) is 0 Å². The minimum absolute atomic E-state index is 0.108. The molecule has 0 spiro atoms. The minimum atomic E-state index is -0.782. The summed E-state index contributed by atoms with van der Waals surface area (Å²) >= 11 is 0. The van der Waals surface area contributed by atoms with E-state index in [0.717, 1.165) is 26.2 Å². The fourth-order valence-electron chi connectivity index (χ4n) is 2.95. The van der Waals surface area contributed by atoms with Crippen LogP contribution in [0.5, 0.6) is 0 Å². The Kier molecular flexibility index (Phi) is 4.93. The monoisotopic (exact) mass is 352 g/mol. The number of rotatable bonds is 3. The van der Waals surface area contributed by atoms with Gasteiger partial charge >= 0.3 is 12.2 Å². The molecule has 2 saturated heterocycles. The Morgan fingerprint density at radius 3 is 2.76 bits per heavy atom. The highest BCUT2D eigenvalue weighted by Crippen LogP contribution is 2.28. The maximum absolute atomic E-state index is 14.5. The van der Waals surface area contributed by atoms with Crippen LogP contribution in [0.25, 0.3) is 0 Å². The zero-order valence-electron chi connectivity index (χ0n) is 14.2. The molecule has 1 N–H and O–H groups in total. The number of likely N-dealkylation sites (N-methyl/N-ethyl adjacent to an activating group) is 1. The van der Waals surface area contributed by atoms with E-state index >= 15 is 0 Å². The maximum atomic E-state index is 14.5. The van der Waals surface area contributed by atoms with Crippen molar-refractivity contribution >= 4 is 23.6 Å². The van der Waals surface area contributed by atoms with Crippen molar-refractivity contribution < 1.29 is 23.5 Å². The average Bonchev–Trinajstić information content (AvgIpc) is 3.02. The van der Waals surface area contributed by atoms with Gasteiger partial charge in [-0.2, -0.15) is 0 Å². The van der Waals surface area contributed by atoms with Crippen molar-refractivity contribution in [1.29, 1.82) is 0 Å². The molecule has 0 unspecified atom stereocenters. The Morgan fingerprint density at radius 1 is 1.40 bits per heavy atom.